The summed E-state index contributed by atoms with van der Waals surface area (Å²) in [5.41, 5.74) is 3.56. The first-order chi connectivity index (χ1) is 28.0. The topological polar surface area (TPSA) is 210 Å². The molecule has 5 heterocycles. The van der Waals surface area contributed by atoms with E-state index in [9.17, 15) is 19.2 Å². The number of fused-ring (bicyclic) bond motifs is 2. The fourth-order valence-electron chi connectivity index (χ4n) is 8.04. The summed E-state index contributed by atoms with van der Waals surface area (Å²) in [4.78, 5) is 64.9. The van der Waals surface area contributed by atoms with E-state index in [1.54, 1.807) is 9.80 Å². The Morgan fingerprint density at radius 3 is 1.74 bits per heavy atom. The van der Waals surface area contributed by atoms with Crippen molar-refractivity contribution < 1.29 is 33.4 Å². The van der Waals surface area contributed by atoms with Crippen molar-refractivity contribution >= 4 is 24.0 Å². The summed E-state index contributed by atoms with van der Waals surface area (Å²) >= 11 is 0. The Hall–Kier alpha value is -6.00. The normalized spacial score (nSPS) is 19.3. The highest BCUT2D eigenvalue weighted by Gasteiger charge is 2.40. The van der Waals surface area contributed by atoms with Gasteiger partial charge in [-0.25, -0.2) is 19.6 Å². The molecule has 2 aromatic carbocycles. The second kappa shape index (κ2) is 17.2. The Labute approximate surface area is 337 Å². The van der Waals surface area contributed by atoms with Crippen LogP contribution in [0.3, 0.4) is 0 Å². The minimum absolute atomic E-state index is 0.0818. The molecule has 3 aliphatic rings. The van der Waals surface area contributed by atoms with E-state index in [0.717, 1.165) is 53.7 Å². The van der Waals surface area contributed by atoms with E-state index in [4.69, 9.17) is 24.2 Å². The van der Waals surface area contributed by atoms with Crippen LogP contribution in [0.5, 0.6) is 11.5 Å². The van der Waals surface area contributed by atoms with Gasteiger partial charge >= 0.3 is 12.2 Å². The monoisotopic (exact) mass is 796 g/mol. The number of aromatic amines is 2. The highest BCUT2D eigenvalue weighted by molar-refractivity contribution is 5.87. The third-order valence-electron chi connectivity index (χ3n) is 11.8. The molecule has 2 unspecified atom stereocenters. The number of rotatable bonds is 12. The summed E-state index contributed by atoms with van der Waals surface area (Å²) in [7, 11) is 2.57. The van der Waals surface area contributed by atoms with Crippen LogP contribution in [-0.2, 0) is 25.5 Å². The molecule has 6 atom stereocenters. The average Bonchev–Trinajstić information content (AvgIpc) is 4.09. The summed E-state index contributed by atoms with van der Waals surface area (Å²) in [6.45, 7) is 8.95. The predicted octanol–water partition coefficient (Wildman–Crippen LogP) is 5.82. The van der Waals surface area contributed by atoms with Gasteiger partial charge in [-0.1, -0.05) is 52.7 Å². The summed E-state index contributed by atoms with van der Waals surface area (Å²) < 4.78 is 16.0. The van der Waals surface area contributed by atoms with Gasteiger partial charge in [0.2, 0.25) is 11.8 Å². The largest absolute Gasteiger partial charge is 0.457 e. The smallest absolute Gasteiger partial charge is 0.407 e. The van der Waals surface area contributed by atoms with Gasteiger partial charge in [-0.3, -0.25) is 19.8 Å². The van der Waals surface area contributed by atoms with Crippen molar-refractivity contribution in [1.29, 1.82) is 0 Å². The summed E-state index contributed by atoms with van der Waals surface area (Å²) in [5, 5.41) is 20.7. The van der Waals surface area contributed by atoms with Crippen molar-refractivity contribution in [2.75, 3.05) is 27.3 Å². The Bertz CT molecular complexity index is 2000. The number of amides is 4. The molecule has 308 valence electrons. The fraction of sp³-hybridized carbons (Fsp3) is 0.512. The lowest BCUT2D eigenvalue weighted by Gasteiger charge is -2.30. The number of nitrogens with zero attached hydrogens (tertiary/aromatic N) is 6. The van der Waals surface area contributed by atoms with E-state index in [1.165, 1.54) is 14.2 Å². The van der Waals surface area contributed by atoms with Crippen molar-refractivity contribution in [2.45, 2.75) is 96.8 Å². The zero-order valence-electron chi connectivity index (χ0n) is 33.8. The van der Waals surface area contributed by atoms with Gasteiger partial charge in [-0.2, -0.15) is 10.2 Å². The Morgan fingerprint density at radius 2 is 1.24 bits per heavy atom. The van der Waals surface area contributed by atoms with Gasteiger partial charge in [0.1, 0.15) is 35.2 Å². The second-order valence-corrected chi connectivity index (χ2v) is 15.4. The minimum Gasteiger partial charge on any atom is -0.457 e. The lowest BCUT2D eigenvalue weighted by atomic mass is 9.97. The molecule has 3 aliphatic heterocycles. The highest BCUT2D eigenvalue weighted by atomic mass is 16.5. The third kappa shape index (κ3) is 8.07. The zero-order chi connectivity index (χ0) is 41.1. The molecule has 0 saturated carbocycles. The number of carbonyl (C=O) groups is 4. The van der Waals surface area contributed by atoms with Gasteiger partial charge in [0.05, 0.1) is 26.3 Å². The Kier molecular flexibility index (Phi) is 12.0. The number of H-pyrrole nitrogens is 2. The molecule has 2 fully saturated rings. The average molecular weight is 797 g/mol. The number of aromatic nitrogens is 6. The SMILES string of the molecule is CCC(C)C(NC(=O)OC)C(=O)N1CCC[C@H]1c1nc(-c2ccc3c(c2)Oc2ccc(-c4n[nH]c([C@@H]5CCCN5C(=O)[C@@H](NC(=O)OC)[C@@H](C)CC)n4)cc2C3)n[nH]1. The standard InChI is InChI=1S/C41H52N10O7/c1-7-22(3)32(42-40(54)56-5)38(52)50-17-9-11-28(50)36-44-34(46-48-36)25-15-16-30-27(20-25)19-24-13-14-26(21-31(24)58-30)35-45-37(49-47-35)29-12-10-18-51(29)39(53)33(23(4)8-2)43-41(55)57-6/h13-16,20-23,28-29,32-33H,7-12,17-19H2,1-6H3,(H,42,54)(H,43,55)(H,44,46,48)(H,45,47,49)/t22-,23?,28-,29-,32-,33?/m0/s1. The van der Waals surface area contributed by atoms with Gasteiger partial charge in [-0.05, 0) is 67.3 Å². The lowest BCUT2D eigenvalue weighted by molar-refractivity contribution is -0.136. The van der Waals surface area contributed by atoms with Crippen molar-refractivity contribution in [2.24, 2.45) is 11.8 Å². The molecule has 17 nitrogen and oxygen atoms in total. The van der Waals surface area contributed by atoms with Gasteiger partial charge < -0.3 is 34.6 Å². The van der Waals surface area contributed by atoms with Gasteiger partial charge in [0, 0.05) is 36.2 Å². The molecule has 0 aliphatic carbocycles. The van der Waals surface area contributed by atoms with Crippen LogP contribution in [0, 0.1) is 11.8 Å². The van der Waals surface area contributed by atoms with Crippen LogP contribution in [0.2, 0.25) is 0 Å². The third-order valence-corrected chi connectivity index (χ3v) is 11.8. The van der Waals surface area contributed by atoms with Crippen LogP contribution in [0.1, 0.15) is 101 Å². The Balaban J connectivity index is 1.03. The first kappa shape index (κ1) is 40.2. The van der Waals surface area contributed by atoms with Crippen LogP contribution in [0.4, 0.5) is 9.59 Å². The molecular weight excluding hydrogens is 745 g/mol. The number of ether oxygens (including phenoxy) is 3. The van der Waals surface area contributed by atoms with Crippen molar-refractivity contribution in [3.63, 3.8) is 0 Å². The molecule has 0 radical (unpaired) electrons. The summed E-state index contributed by atoms with van der Waals surface area (Å²) in [5.74, 6) is 3.13. The number of benzene rings is 2. The Morgan fingerprint density at radius 1 is 0.741 bits per heavy atom. The van der Waals surface area contributed by atoms with Crippen LogP contribution in [-0.4, -0.2) is 104 Å². The number of likely N-dealkylation sites (tertiary alicyclic amines) is 2. The molecule has 58 heavy (non-hydrogen) atoms. The van der Waals surface area contributed by atoms with Crippen LogP contribution < -0.4 is 15.4 Å². The molecule has 0 spiro atoms. The van der Waals surface area contributed by atoms with Gasteiger partial charge in [0.15, 0.2) is 11.6 Å². The van der Waals surface area contributed by atoms with E-state index in [-0.39, 0.29) is 35.7 Å². The van der Waals surface area contributed by atoms with Gasteiger partial charge in [0.25, 0.3) is 0 Å². The number of hydrogen-bond donors (Lipinski definition) is 4. The van der Waals surface area contributed by atoms with E-state index in [0.29, 0.717) is 61.4 Å². The first-order valence-electron chi connectivity index (χ1n) is 20.1. The molecule has 17 heteroatoms. The van der Waals surface area contributed by atoms with Crippen LogP contribution >= 0.6 is 0 Å². The second-order valence-electron chi connectivity index (χ2n) is 15.4. The molecule has 2 aromatic heterocycles. The minimum atomic E-state index is -0.711. The summed E-state index contributed by atoms with van der Waals surface area (Å²) in [6, 6.07) is 9.74. The maximum Gasteiger partial charge on any atom is 0.407 e. The number of alkyl carbamates (subject to hydrolysis) is 2. The van der Waals surface area contributed by atoms with E-state index >= 15 is 0 Å². The molecule has 7 rings (SSSR count). The molecule has 2 saturated heterocycles. The number of hydrogen-bond acceptors (Lipinski definition) is 11. The van der Waals surface area contributed by atoms with Gasteiger partial charge in [-0.15, -0.1) is 0 Å². The molecule has 4 aromatic rings. The van der Waals surface area contributed by atoms with Crippen molar-refractivity contribution in [3.8, 4) is 34.3 Å². The quantitative estimate of drug-likeness (QED) is 0.118. The molecular formula is C41H52N10O7. The van der Waals surface area contributed by atoms with E-state index < -0.39 is 24.3 Å². The molecule has 4 N–H and O–H groups in total. The summed E-state index contributed by atoms with van der Waals surface area (Å²) in [6.07, 6.45) is 3.85. The van der Waals surface area contributed by atoms with Crippen molar-refractivity contribution in [3.05, 3.63) is 59.2 Å². The maximum atomic E-state index is 13.7. The maximum absolute atomic E-state index is 13.7. The zero-order valence-corrected chi connectivity index (χ0v) is 33.8. The first-order valence-corrected chi connectivity index (χ1v) is 20.1. The molecule has 4 amide bonds. The number of methoxy groups -OCH3 is 2. The van der Waals surface area contributed by atoms with E-state index in [2.05, 4.69) is 31.0 Å². The number of carbonyl (C=O) groups excluding carboxylic acids is 4. The van der Waals surface area contributed by atoms with Crippen LogP contribution in [0.15, 0.2) is 36.4 Å². The van der Waals surface area contributed by atoms with Crippen LogP contribution in [0.25, 0.3) is 22.8 Å². The number of nitrogens with one attached hydrogen (secondary N) is 4. The fourth-order valence-corrected chi connectivity index (χ4v) is 8.04. The van der Waals surface area contributed by atoms with E-state index in [1.807, 2.05) is 64.1 Å². The highest BCUT2D eigenvalue weighted by Crippen LogP contribution is 2.41. The lowest BCUT2D eigenvalue weighted by Crippen LogP contribution is -2.51. The van der Waals surface area contributed by atoms with Crippen molar-refractivity contribution in [1.82, 2.24) is 50.8 Å². The molecule has 0 bridgehead atoms. The predicted molar refractivity (Wildman–Crippen MR) is 211 cm³/mol.